The Labute approximate surface area is 150 Å². The van der Waals surface area contributed by atoms with Gasteiger partial charge < -0.3 is 5.11 Å². The lowest BCUT2D eigenvalue weighted by Gasteiger charge is -2.27. The Morgan fingerprint density at radius 1 is 0.840 bits per heavy atom. The van der Waals surface area contributed by atoms with Gasteiger partial charge in [0.1, 0.15) is 0 Å². The summed E-state index contributed by atoms with van der Waals surface area (Å²) in [7, 11) is 0. The van der Waals surface area contributed by atoms with Crippen LogP contribution in [0, 0.1) is 0 Å². The number of likely N-dealkylation sites (tertiary alicyclic amines) is 2. The highest BCUT2D eigenvalue weighted by molar-refractivity contribution is 5.32. The van der Waals surface area contributed by atoms with E-state index in [1.165, 1.54) is 24.0 Å². The van der Waals surface area contributed by atoms with Gasteiger partial charge in [0.15, 0.2) is 0 Å². The van der Waals surface area contributed by atoms with Crippen LogP contribution in [0.1, 0.15) is 29.9 Å². The fourth-order valence-corrected chi connectivity index (χ4v) is 4.46. The molecule has 2 atom stereocenters. The van der Waals surface area contributed by atoms with Crippen LogP contribution in [-0.4, -0.2) is 59.8 Å². The summed E-state index contributed by atoms with van der Waals surface area (Å²) >= 11 is 0. The van der Waals surface area contributed by atoms with Gasteiger partial charge in [-0.1, -0.05) is 60.7 Å². The SMILES string of the molecule is O[C@H]1CN(CC(c2ccccc2)c2ccccc2)C[C@@H]1N1CCCC1. The first-order chi connectivity index (χ1) is 12.3. The maximum Gasteiger partial charge on any atom is 0.0834 e. The summed E-state index contributed by atoms with van der Waals surface area (Å²) in [5.74, 6) is 0.354. The molecular formula is C22H28N2O. The number of aliphatic hydroxyl groups is 1. The Morgan fingerprint density at radius 2 is 1.40 bits per heavy atom. The Kier molecular flexibility index (Phi) is 5.16. The zero-order valence-electron chi connectivity index (χ0n) is 14.8. The second-order valence-corrected chi connectivity index (χ2v) is 7.47. The maximum absolute atomic E-state index is 10.6. The smallest absolute Gasteiger partial charge is 0.0834 e. The predicted octanol–water partition coefficient (Wildman–Crippen LogP) is 2.96. The van der Waals surface area contributed by atoms with Gasteiger partial charge in [0, 0.05) is 31.6 Å². The van der Waals surface area contributed by atoms with Crippen LogP contribution in [-0.2, 0) is 0 Å². The highest BCUT2D eigenvalue weighted by atomic mass is 16.3. The van der Waals surface area contributed by atoms with E-state index in [-0.39, 0.29) is 6.10 Å². The van der Waals surface area contributed by atoms with Gasteiger partial charge in [-0.25, -0.2) is 0 Å². The Morgan fingerprint density at radius 3 is 1.96 bits per heavy atom. The molecule has 1 N–H and O–H groups in total. The van der Waals surface area contributed by atoms with Crippen molar-refractivity contribution in [2.24, 2.45) is 0 Å². The van der Waals surface area contributed by atoms with Crippen LogP contribution >= 0.6 is 0 Å². The Hall–Kier alpha value is -1.68. The third-order valence-corrected chi connectivity index (χ3v) is 5.79. The van der Waals surface area contributed by atoms with Crippen molar-refractivity contribution in [1.29, 1.82) is 0 Å². The van der Waals surface area contributed by atoms with E-state index in [0.29, 0.717) is 12.0 Å². The van der Waals surface area contributed by atoms with Crippen LogP contribution in [0.3, 0.4) is 0 Å². The van der Waals surface area contributed by atoms with Crippen LogP contribution < -0.4 is 0 Å². The molecule has 2 heterocycles. The molecule has 0 unspecified atom stereocenters. The molecule has 2 fully saturated rings. The van der Waals surface area contributed by atoms with E-state index in [0.717, 1.165) is 32.7 Å². The molecule has 3 nitrogen and oxygen atoms in total. The van der Waals surface area contributed by atoms with Crippen LogP contribution in [0.2, 0.25) is 0 Å². The van der Waals surface area contributed by atoms with Gasteiger partial charge in [-0.3, -0.25) is 9.80 Å². The molecule has 0 amide bonds. The second kappa shape index (κ2) is 7.69. The molecule has 25 heavy (non-hydrogen) atoms. The average molecular weight is 336 g/mol. The minimum Gasteiger partial charge on any atom is -0.390 e. The average Bonchev–Trinajstić information content (AvgIpc) is 3.30. The monoisotopic (exact) mass is 336 g/mol. The van der Waals surface area contributed by atoms with Gasteiger partial charge in [0.2, 0.25) is 0 Å². The normalized spacial score (nSPS) is 25.0. The molecule has 2 aromatic carbocycles. The molecular weight excluding hydrogens is 308 g/mol. The lowest BCUT2D eigenvalue weighted by molar-refractivity contribution is 0.0978. The Bertz CT molecular complexity index is 615. The molecule has 0 aromatic heterocycles. The van der Waals surface area contributed by atoms with Crippen molar-refractivity contribution in [1.82, 2.24) is 9.80 Å². The zero-order chi connectivity index (χ0) is 17.1. The number of nitrogens with zero attached hydrogens (tertiary/aromatic N) is 2. The van der Waals surface area contributed by atoms with Gasteiger partial charge in [-0.2, -0.15) is 0 Å². The molecule has 2 aliphatic rings. The summed E-state index contributed by atoms with van der Waals surface area (Å²) in [4.78, 5) is 4.95. The lowest BCUT2D eigenvalue weighted by atomic mass is 9.91. The molecule has 2 aromatic rings. The summed E-state index contributed by atoms with van der Waals surface area (Å²) in [6, 6.07) is 21.9. The van der Waals surface area contributed by atoms with E-state index in [1.54, 1.807) is 0 Å². The third-order valence-electron chi connectivity index (χ3n) is 5.79. The number of rotatable bonds is 5. The summed E-state index contributed by atoms with van der Waals surface area (Å²) in [6.07, 6.45) is 2.34. The van der Waals surface area contributed by atoms with Gasteiger partial charge in [0.25, 0.3) is 0 Å². The maximum atomic E-state index is 10.6. The standard InChI is InChI=1S/C22H28N2O/c25-22-17-23(16-21(22)24-13-7-8-14-24)15-20(18-9-3-1-4-10-18)19-11-5-2-6-12-19/h1-6,9-12,20-22,25H,7-8,13-17H2/t21-,22-/m0/s1. The molecule has 4 rings (SSSR count). The number of hydrogen-bond donors (Lipinski definition) is 1. The highest BCUT2D eigenvalue weighted by Gasteiger charge is 2.37. The molecule has 2 aliphatic heterocycles. The molecule has 3 heteroatoms. The van der Waals surface area contributed by atoms with E-state index in [9.17, 15) is 5.11 Å². The topological polar surface area (TPSA) is 26.7 Å². The second-order valence-electron chi connectivity index (χ2n) is 7.47. The number of β-amino-alcohol motifs (C(OH)–C–C–N with tert-alkyl or cyclic N) is 1. The van der Waals surface area contributed by atoms with Crippen molar-refractivity contribution in [3.05, 3.63) is 71.8 Å². The van der Waals surface area contributed by atoms with Crippen molar-refractivity contribution >= 4 is 0 Å². The molecule has 0 radical (unpaired) electrons. The molecule has 0 aliphatic carbocycles. The van der Waals surface area contributed by atoms with E-state index in [1.807, 2.05) is 0 Å². The van der Waals surface area contributed by atoms with Crippen molar-refractivity contribution in [2.75, 3.05) is 32.7 Å². The van der Waals surface area contributed by atoms with Gasteiger partial charge in [0.05, 0.1) is 6.10 Å². The minimum absolute atomic E-state index is 0.217. The third kappa shape index (κ3) is 3.79. The summed E-state index contributed by atoms with van der Waals surface area (Å²) in [6.45, 7) is 5.04. The minimum atomic E-state index is -0.217. The number of benzene rings is 2. The fourth-order valence-electron chi connectivity index (χ4n) is 4.46. The summed E-state index contributed by atoms with van der Waals surface area (Å²) < 4.78 is 0. The van der Waals surface area contributed by atoms with Crippen molar-refractivity contribution in [3.63, 3.8) is 0 Å². The first-order valence-electron chi connectivity index (χ1n) is 9.55. The van der Waals surface area contributed by atoms with Crippen LogP contribution in [0.25, 0.3) is 0 Å². The van der Waals surface area contributed by atoms with Crippen molar-refractivity contribution in [3.8, 4) is 0 Å². The molecule has 0 spiro atoms. The van der Waals surface area contributed by atoms with E-state index in [4.69, 9.17) is 0 Å². The number of aliphatic hydroxyl groups excluding tert-OH is 1. The van der Waals surface area contributed by atoms with Crippen LogP contribution in [0.5, 0.6) is 0 Å². The van der Waals surface area contributed by atoms with E-state index >= 15 is 0 Å². The zero-order valence-corrected chi connectivity index (χ0v) is 14.8. The summed E-state index contributed by atoms with van der Waals surface area (Å²) in [5.41, 5.74) is 2.71. The fraction of sp³-hybridized carbons (Fsp3) is 0.455. The summed E-state index contributed by atoms with van der Waals surface area (Å²) in [5, 5.41) is 10.6. The number of hydrogen-bond acceptors (Lipinski definition) is 3. The van der Waals surface area contributed by atoms with Crippen LogP contribution in [0.4, 0.5) is 0 Å². The van der Waals surface area contributed by atoms with E-state index in [2.05, 4.69) is 70.5 Å². The molecule has 2 saturated heterocycles. The molecule has 132 valence electrons. The molecule has 0 bridgehead atoms. The van der Waals surface area contributed by atoms with Crippen LogP contribution in [0.15, 0.2) is 60.7 Å². The first kappa shape index (κ1) is 16.8. The predicted molar refractivity (Wildman–Crippen MR) is 102 cm³/mol. The van der Waals surface area contributed by atoms with Crippen molar-refractivity contribution in [2.45, 2.75) is 30.9 Å². The molecule has 0 saturated carbocycles. The largest absolute Gasteiger partial charge is 0.390 e. The first-order valence-corrected chi connectivity index (χ1v) is 9.55. The van der Waals surface area contributed by atoms with E-state index < -0.39 is 0 Å². The highest BCUT2D eigenvalue weighted by Crippen LogP contribution is 2.28. The Balaban J connectivity index is 1.51. The lowest BCUT2D eigenvalue weighted by Crippen LogP contribution is -2.41. The van der Waals surface area contributed by atoms with Gasteiger partial charge in [-0.05, 0) is 37.1 Å². The van der Waals surface area contributed by atoms with Gasteiger partial charge >= 0.3 is 0 Å². The van der Waals surface area contributed by atoms with Crippen molar-refractivity contribution < 1.29 is 5.11 Å². The van der Waals surface area contributed by atoms with Gasteiger partial charge in [-0.15, -0.1) is 0 Å². The quantitative estimate of drug-likeness (QED) is 0.909.